The van der Waals surface area contributed by atoms with Crippen molar-refractivity contribution in [3.8, 4) is 0 Å². The lowest BCUT2D eigenvalue weighted by molar-refractivity contribution is 0.977. The van der Waals surface area contributed by atoms with Gasteiger partial charge in [-0.15, -0.1) is 0 Å². The van der Waals surface area contributed by atoms with Gasteiger partial charge in [-0.25, -0.2) is 0 Å². The second-order valence-corrected chi connectivity index (χ2v) is 13.2. The van der Waals surface area contributed by atoms with Crippen molar-refractivity contribution in [2.24, 2.45) is 0 Å². The topological polar surface area (TPSA) is 159 Å². The first kappa shape index (κ1) is 37.4. The Morgan fingerprint density at radius 2 is 0.566 bits per heavy atom. The number of nitrogens with two attached hydrogens (primary N) is 6. The Morgan fingerprint density at radius 1 is 0.302 bits per heavy atom. The van der Waals surface area contributed by atoms with E-state index in [1.807, 2.05) is 91.9 Å². The fourth-order valence-electron chi connectivity index (χ4n) is 5.94. The first-order valence-corrected chi connectivity index (χ1v) is 17.4. The number of hydrogen-bond acceptors (Lipinski definition) is 7. The molecule has 268 valence electrons. The van der Waals surface area contributed by atoms with Crippen LogP contribution in [-0.4, -0.2) is 0 Å². The molecule has 0 heterocycles. The third kappa shape index (κ3) is 10.6. The van der Waals surface area contributed by atoms with Gasteiger partial charge in [0.25, 0.3) is 0 Å². The fourth-order valence-corrected chi connectivity index (χ4v) is 5.94. The normalized spacial score (nSPS) is 10.4. The largest absolute Gasteiger partial charge is 0.399 e. The van der Waals surface area contributed by atoms with Crippen LogP contribution in [0.2, 0.25) is 0 Å². The zero-order valence-corrected chi connectivity index (χ0v) is 30.6. The molecule has 0 radical (unpaired) electrons. The lowest BCUT2D eigenvalue weighted by Gasteiger charge is -2.25. The third-order valence-corrected chi connectivity index (χ3v) is 8.67. The Kier molecular flexibility index (Phi) is 12.3. The summed E-state index contributed by atoms with van der Waals surface area (Å²) in [6, 6.07) is 54.5. The number of nitrogens with zero attached hydrogens (tertiary/aromatic N) is 1. The van der Waals surface area contributed by atoms with Gasteiger partial charge >= 0.3 is 0 Å². The molecule has 7 aromatic carbocycles. The highest BCUT2D eigenvalue weighted by Gasteiger charge is 2.17. The van der Waals surface area contributed by atoms with Crippen molar-refractivity contribution < 1.29 is 0 Å². The minimum Gasteiger partial charge on any atom is -0.399 e. The number of nitrogen functional groups attached to an aromatic ring is 6. The summed E-state index contributed by atoms with van der Waals surface area (Å²) in [5.41, 5.74) is 49.3. The van der Waals surface area contributed by atoms with Gasteiger partial charge in [-0.2, -0.15) is 0 Å². The van der Waals surface area contributed by atoms with E-state index in [9.17, 15) is 0 Å². The van der Waals surface area contributed by atoms with E-state index < -0.39 is 0 Å². The second kappa shape index (κ2) is 17.4. The van der Waals surface area contributed by atoms with Crippen LogP contribution in [0.1, 0.15) is 39.3 Å². The van der Waals surface area contributed by atoms with Crippen LogP contribution in [0, 0.1) is 20.8 Å². The molecule has 0 spiro atoms. The van der Waals surface area contributed by atoms with Gasteiger partial charge in [-0.3, -0.25) is 0 Å². The molecule has 0 aliphatic carbocycles. The van der Waals surface area contributed by atoms with Crippen molar-refractivity contribution in [1.29, 1.82) is 0 Å². The zero-order valence-electron chi connectivity index (χ0n) is 30.6. The molecular weight excluding hydrogens is 651 g/mol. The molecule has 0 fully saturated rings. The first-order chi connectivity index (χ1) is 25.4. The van der Waals surface area contributed by atoms with E-state index in [2.05, 4.69) is 91.5 Å². The van der Waals surface area contributed by atoms with E-state index in [-0.39, 0.29) is 5.92 Å². The van der Waals surface area contributed by atoms with Crippen LogP contribution in [0.3, 0.4) is 0 Å². The smallest absolute Gasteiger partial charge is 0.0463 e. The van der Waals surface area contributed by atoms with Gasteiger partial charge in [0.1, 0.15) is 0 Å². The van der Waals surface area contributed by atoms with Crippen molar-refractivity contribution in [2.75, 3.05) is 39.3 Å². The van der Waals surface area contributed by atoms with E-state index in [1.165, 1.54) is 27.8 Å². The summed E-state index contributed by atoms with van der Waals surface area (Å²) in [7, 11) is 0. The predicted octanol–water partition coefficient (Wildman–Crippen LogP) is 10.1. The van der Waals surface area contributed by atoms with E-state index in [4.69, 9.17) is 34.4 Å². The number of hydrogen-bond donors (Lipinski definition) is 6. The predicted molar refractivity (Wildman–Crippen MR) is 229 cm³/mol. The second-order valence-electron chi connectivity index (χ2n) is 13.2. The molecule has 0 aliphatic rings. The summed E-state index contributed by atoms with van der Waals surface area (Å²) in [4.78, 5) is 2.18. The molecule has 0 aliphatic heterocycles. The SMILES string of the molecule is Cc1cc(N)cc(N)c1.Cc1ccc(C(c2ccc(N)cc2)c2ccc(N)cc2)cc1.Cc1ccc(N(c2ccc(N)cc2)c2ccc(N)cc2)cc1. The van der Waals surface area contributed by atoms with E-state index in [0.717, 1.165) is 56.7 Å². The van der Waals surface area contributed by atoms with Gasteiger partial charge in [0, 0.05) is 57.1 Å². The maximum absolute atomic E-state index is 5.83. The molecule has 7 aromatic rings. The van der Waals surface area contributed by atoms with Crippen LogP contribution in [0.4, 0.5) is 51.2 Å². The maximum Gasteiger partial charge on any atom is 0.0463 e. The van der Waals surface area contributed by atoms with Crippen molar-refractivity contribution >= 4 is 51.2 Å². The molecule has 7 rings (SSSR count). The molecule has 7 heteroatoms. The Bertz CT molecular complexity index is 1770. The van der Waals surface area contributed by atoms with Crippen molar-refractivity contribution in [3.05, 3.63) is 197 Å². The molecule has 0 amide bonds. The number of benzene rings is 7. The van der Waals surface area contributed by atoms with Crippen LogP contribution >= 0.6 is 0 Å². The Labute approximate surface area is 313 Å². The van der Waals surface area contributed by atoms with Gasteiger partial charge in [-0.05, 0) is 146 Å². The van der Waals surface area contributed by atoms with Crippen molar-refractivity contribution in [1.82, 2.24) is 0 Å². The number of aryl methyl sites for hydroxylation is 3. The Hall–Kier alpha value is -6.86. The van der Waals surface area contributed by atoms with Crippen molar-refractivity contribution in [2.45, 2.75) is 26.7 Å². The standard InChI is InChI=1S/C20H20N2.C19H19N3.C7H10N2/c1-14-2-4-15(5-3-14)20(16-6-10-18(21)11-7-16)17-8-12-19(22)13-9-17;1-14-2-8-17(9-3-14)22(18-10-4-15(20)5-11-18)19-12-6-16(21)7-13-19;1-5-2-6(8)4-7(9)3-5/h2-13,20H,21-22H2,1H3;2-13H,20-21H2,1H3;2-4H,8-9H2,1H3. The number of rotatable bonds is 6. The first-order valence-electron chi connectivity index (χ1n) is 17.4. The average Bonchev–Trinajstić information content (AvgIpc) is 3.13. The molecule has 0 saturated carbocycles. The van der Waals surface area contributed by atoms with Gasteiger partial charge in [0.2, 0.25) is 0 Å². The van der Waals surface area contributed by atoms with Gasteiger partial charge in [0.15, 0.2) is 0 Å². The van der Waals surface area contributed by atoms with Crippen LogP contribution in [0.25, 0.3) is 0 Å². The van der Waals surface area contributed by atoms with Crippen LogP contribution in [0.15, 0.2) is 164 Å². The molecule has 0 unspecified atom stereocenters. The highest BCUT2D eigenvalue weighted by atomic mass is 15.1. The summed E-state index contributed by atoms with van der Waals surface area (Å²) >= 11 is 0. The van der Waals surface area contributed by atoms with Crippen LogP contribution in [-0.2, 0) is 0 Å². The minimum absolute atomic E-state index is 0.182. The molecule has 53 heavy (non-hydrogen) atoms. The lowest BCUT2D eigenvalue weighted by Crippen LogP contribution is -2.10. The highest BCUT2D eigenvalue weighted by molar-refractivity contribution is 5.77. The molecule has 0 atom stereocenters. The van der Waals surface area contributed by atoms with Crippen LogP contribution < -0.4 is 39.3 Å². The summed E-state index contributed by atoms with van der Waals surface area (Å²) in [6.45, 7) is 6.15. The maximum atomic E-state index is 5.83. The van der Waals surface area contributed by atoms with Crippen LogP contribution in [0.5, 0.6) is 0 Å². The monoisotopic (exact) mass is 699 g/mol. The van der Waals surface area contributed by atoms with E-state index >= 15 is 0 Å². The van der Waals surface area contributed by atoms with E-state index in [0.29, 0.717) is 0 Å². The minimum atomic E-state index is 0.182. The summed E-state index contributed by atoms with van der Waals surface area (Å²) in [5.74, 6) is 0.182. The molecule has 7 nitrogen and oxygen atoms in total. The summed E-state index contributed by atoms with van der Waals surface area (Å²) in [5, 5.41) is 0. The fraction of sp³-hybridized carbons (Fsp3) is 0.0870. The highest BCUT2D eigenvalue weighted by Crippen LogP contribution is 2.35. The van der Waals surface area contributed by atoms with Gasteiger partial charge in [0.05, 0.1) is 0 Å². The van der Waals surface area contributed by atoms with Gasteiger partial charge in [-0.1, -0.05) is 71.8 Å². The van der Waals surface area contributed by atoms with Gasteiger partial charge < -0.3 is 39.3 Å². The molecule has 0 bridgehead atoms. The quantitative estimate of drug-likeness (QED) is 0.0744. The zero-order chi connectivity index (χ0) is 37.9. The Balaban J connectivity index is 0.000000167. The lowest BCUT2D eigenvalue weighted by atomic mass is 9.85. The molecule has 0 saturated heterocycles. The van der Waals surface area contributed by atoms with E-state index in [1.54, 1.807) is 6.07 Å². The number of anilines is 9. The average molecular weight is 700 g/mol. The summed E-state index contributed by atoms with van der Waals surface area (Å²) < 4.78 is 0. The third-order valence-electron chi connectivity index (χ3n) is 8.67. The van der Waals surface area contributed by atoms with Crippen molar-refractivity contribution in [3.63, 3.8) is 0 Å². The molecular formula is C46H49N7. The molecule has 0 aromatic heterocycles. The summed E-state index contributed by atoms with van der Waals surface area (Å²) in [6.07, 6.45) is 0. The Morgan fingerprint density at radius 3 is 0.887 bits per heavy atom. The molecule has 12 N–H and O–H groups in total.